The van der Waals surface area contributed by atoms with Gasteiger partial charge in [-0.3, -0.25) is 0 Å². The topological polar surface area (TPSA) is 38.5 Å². The molecule has 0 bridgehead atoms. The lowest BCUT2D eigenvalue weighted by atomic mass is 10.1. The lowest BCUT2D eigenvalue weighted by Gasteiger charge is -2.31. The van der Waals surface area contributed by atoms with Gasteiger partial charge in [-0.25, -0.2) is 4.39 Å². The Balaban J connectivity index is 2.22. The van der Waals surface area contributed by atoms with Gasteiger partial charge in [0.05, 0.1) is 6.61 Å². The number of rotatable bonds is 7. The molecule has 0 radical (unpaired) electrons. The molecule has 0 aliphatic heterocycles. The summed E-state index contributed by atoms with van der Waals surface area (Å²) in [5.74, 6) is 0.504. The minimum Gasteiger partial charge on any atom is -0.383 e. The molecule has 0 spiro atoms. The first-order chi connectivity index (χ1) is 9.15. The van der Waals surface area contributed by atoms with Gasteiger partial charge in [0.15, 0.2) is 0 Å². The fourth-order valence-electron chi connectivity index (χ4n) is 2.51. The maximum absolute atomic E-state index is 13.7. The SMILES string of the molecule is COCCN(c1cc(F)cc(CN)c1)C(C)C1CC1. The van der Waals surface area contributed by atoms with Crippen LogP contribution in [0.25, 0.3) is 0 Å². The molecule has 1 unspecified atom stereocenters. The molecular formula is C15H23FN2O. The summed E-state index contributed by atoms with van der Waals surface area (Å²) in [6, 6.07) is 5.49. The fraction of sp³-hybridized carbons (Fsp3) is 0.600. The summed E-state index contributed by atoms with van der Waals surface area (Å²) in [6.07, 6.45) is 2.54. The number of hydrogen-bond donors (Lipinski definition) is 1. The van der Waals surface area contributed by atoms with Crippen LogP contribution in [0.5, 0.6) is 0 Å². The molecule has 0 saturated heterocycles. The monoisotopic (exact) mass is 266 g/mol. The summed E-state index contributed by atoms with van der Waals surface area (Å²) in [7, 11) is 1.69. The number of nitrogens with zero attached hydrogens (tertiary/aromatic N) is 1. The molecule has 0 amide bonds. The molecule has 1 aliphatic carbocycles. The maximum Gasteiger partial charge on any atom is 0.125 e. The Bertz CT molecular complexity index is 421. The van der Waals surface area contributed by atoms with Gasteiger partial charge in [0, 0.05) is 31.9 Å². The molecule has 2 rings (SSSR count). The van der Waals surface area contributed by atoms with E-state index in [1.165, 1.54) is 18.9 Å². The van der Waals surface area contributed by atoms with Gasteiger partial charge in [0.2, 0.25) is 0 Å². The molecule has 0 heterocycles. The zero-order chi connectivity index (χ0) is 13.8. The van der Waals surface area contributed by atoms with Crippen molar-refractivity contribution in [1.29, 1.82) is 0 Å². The molecule has 1 fully saturated rings. The second-order valence-corrected chi connectivity index (χ2v) is 5.29. The van der Waals surface area contributed by atoms with Gasteiger partial charge in [0.25, 0.3) is 0 Å². The second kappa shape index (κ2) is 6.35. The average molecular weight is 266 g/mol. The van der Waals surface area contributed by atoms with Crippen molar-refractivity contribution < 1.29 is 9.13 Å². The van der Waals surface area contributed by atoms with Crippen LogP contribution in [0.1, 0.15) is 25.3 Å². The van der Waals surface area contributed by atoms with Crippen LogP contribution in [0.3, 0.4) is 0 Å². The van der Waals surface area contributed by atoms with Crippen LogP contribution in [-0.2, 0) is 11.3 Å². The molecule has 1 atom stereocenters. The van der Waals surface area contributed by atoms with Crippen LogP contribution in [0.15, 0.2) is 18.2 Å². The highest BCUT2D eigenvalue weighted by atomic mass is 19.1. The van der Waals surface area contributed by atoms with Crippen molar-refractivity contribution in [2.75, 3.05) is 25.2 Å². The van der Waals surface area contributed by atoms with Gasteiger partial charge < -0.3 is 15.4 Å². The highest BCUT2D eigenvalue weighted by Crippen LogP contribution is 2.37. The van der Waals surface area contributed by atoms with Crippen LogP contribution >= 0.6 is 0 Å². The Morgan fingerprint density at radius 2 is 2.16 bits per heavy atom. The minimum atomic E-state index is -0.219. The Kier molecular flexibility index (Phi) is 4.77. The van der Waals surface area contributed by atoms with Gasteiger partial charge >= 0.3 is 0 Å². The minimum absolute atomic E-state index is 0.219. The van der Waals surface area contributed by atoms with Gasteiger partial charge in [0.1, 0.15) is 5.82 Å². The quantitative estimate of drug-likeness (QED) is 0.824. The molecule has 1 aromatic rings. The molecular weight excluding hydrogens is 243 g/mol. The van der Waals surface area contributed by atoms with E-state index in [0.717, 1.165) is 23.7 Å². The first kappa shape index (κ1) is 14.3. The van der Waals surface area contributed by atoms with Gasteiger partial charge in [-0.1, -0.05) is 0 Å². The highest BCUT2D eigenvalue weighted by molar-refractivity contribution is 5.50. The third kappa shape index (κ3) is 3.67. The molecule has 2 N–H and O–H groups in total. The number of halogens is 1. The molecule has 3 nitrogen and oxygen atoms in total. The molecule has 4 heteroatoms. The predicted molar refractivity (Wildman–Crippen MR) is 75.7 cm³/mol. The number of benzene rings is 1. The largest absolute Gasteiger partial charge is 0.383 e. The van der Waals surface area contributed by atoms with E-state index in [4.69, 9.17) is 10.5 Å². The van der Waals surface area contributed by atoms with Crippen molar-refractivity contribution in [2.45, 2.75) is 32.4 Å². The van der Waals surface area contributed by atoms with Crippen molar-refractivity contribution in [3.63, 3.8) is 0 Å². The number of methoxy groups -OCH3 is 1. The van der Waals surface area contributed by atoms with Crippen LogP contribution in [0, 0.1) is 11.7 Å². The lowest BCUT2D eigenvalue weighted by Crippen LogP contribution is -2.37. The number of nitrogens with two attached hydrogens (primary N) is 1. The zero-order valence-corrected chi connectivity index (χ0v) is 11.7. The Labute approximate surface area is 114 Å². The molecule has 1 aromatic carbocycles. The van der Waals surface area contributed by atoms with E-state index >= 15 is 0 Å². The first-order valence-corrected chi connectivity index (χ1v) is 6.90. The lowest BCUT2D eigenvalue weighted by molar-refractivity contribution is 0.202. The molecule has 0 aromatic heterocycles. The van der Waals surface area contributed by atoms with Crippen LogP contribution in [0.4, 0.5) is 10.1 Å². The van der Waals surface area contributed by atoms with Crippen molar-refractivity contribution in [1.82, 2.24) is 0 Å². The van der Waals surface area contributed by atoms with E-state index in [9.17, 15) is 4.39 Å². The Hall–Kier alpha value is -1.13. The summed E-state index contributed by atoms with van der Waals surface area (Å²) < 4.78 is 18.8. The van der Waals surface area contributed by atoms with Crippen molar-refractivity contribution in [3.05, 3.63) is 29.6 Å². The number of hydrogen-bond acceptors (Lipinski definition) is 3. The summed E-state index contributed by atoms with van der Waals surface area (Å²) in [6.45, 7) is 3.99. The van der Waals surface area contributed by atoms with E-state index in [1.54, 1.807) is 13.2 Å². The predicted octanol–water partition coefficient (Wildman–Crippen LogP) is 2.54. The number of ether oxygens (including phenoxy) is 1. The van der Waals surface area contributed by atoms with Crippen LogP contribution in [-0.4, -0.2) is 26.3 Å². The van der Waals surface area contributed by atoms with Gasteiger partial charge in [-0.05, 0) is 49.4 Å². The Morgan fingerprint density at radius 1 is 1.42 bits per heavy atom. The normalized spacial score (nSPS) is 16.4. The number of anilines is 1. The van der Waals surface area contributed by atoms with E-state index in [2.05, 4.69) is 11.8 Å². The van der Waals surface area contributed by atoms with Gasteiger partial charge in [-0.15, -0.1) is 0 Å². The third-order valence-corrected chi connectivity index (χ3v) is 3.84. The first-order valence-electron chi connectivity index (χ1n) is 6.90. The van der Waals surface area contributed by atoms with E-state index < -0.39 is 0 Å². The third-order valence-electron chi connectivity index (χ3n) is 3.84. The summed E-state index contributed by atoms with van der Waals surface area (Å²) in [5.41, 5.74) is 7.37. The van der Waals surface area contributed by atoms with Gasteiger partial charge in [-0.2, -0.15) is 0 Å². The molecule has 19 heavy (non-hydrogen) atoms. The van der Waals surface area contributed by atoms with Crippen molar-refractivity contribution >= 4 is 5.69 Å². The summed E-state index contributed by atoms with van der Waals surface area (Å²) in [5, 5.41) is 0. The summed E-state index contributed by atoms with van der Waals surface area (Å²) in [4.78, 5) is 2.24. The second-order valence-electron chi connectivity index (χ2n) is 5.29. The molecule has 1 aliphatic rings. The average Bonchev–Trinajstić information content (AvgIpc) is 3.22. The Morgan fingerprint density at radius 3 is 2.74 bits per heavy atom. The maximum atomic E-state index is 13.7. The van der Waals surface area contributed by atoms with Crippen molar-refractivity contribution in [3.8, 4) is 0 Å². The standard InChI is InChI=1S/C15H23FN2O/c1-11(13-3-4-13)18(5-6-19-2)15-8-12(10-17)7-14(16)9-15/h7-9,11,13H,3-6,10,17H2,1-2H3. The molecule has 106 valence electrons. The zero-order valence-electron chi connectivity index (χ0n) is 11.7. The van der Waals surface area contributed by atoms with Crippen molar-refractivity contribution in [2.24, 2.45) is 11.7 Å². The van der Waals surface area contributed by atoms with E-state index in [0.29, 0.717) is 19.2 Å². The fourth-order valence-corrected chi connectivity index (χ4v) is 2.51. The van der Waals surface area contributed by atoms with Crippen LogP contribution in [0.2, 0.25) is 0 Å². The van der Waals surface area contributed by atoms with E-state index in [1.807, 2.05) is 6.07 Å². The summed E-state index contributed by atoms with van der Waals surface area (Å²) >= 11 is 0. The van der Waals surface area contributed by atoms with Crippen LogP contribution < -0.4 is 10.6 Å². The smallest absolute Gasteiger partial charge is 0.125 e. The van der Waals surface area contributed by atoms with E-state index in [-0.39, 0.29) is 5.82 Å². The highest BCUT2D eigenvalue weighted by Gasteiger charge is 2.32. The molecule has 1 saturated carbocycles.